The number of methoxy groups -OCH3 is 1. The van der Waals surface area contributed by atoms with Crippen molar-refractivity contribution in [3.8, 4) is 0 Å². The van der Waals surface area contributed by atoms with Crippen molar-refractivity contribution in [2.45, 2.75) is 45.0 Å². The lowest BCUT2D eigenvalue weighted by molar-refractivity contribution is -0.145. The van der Waals surface area contributed by atoms with Crippen molar-refractivity contribution in [2.75, 3.05) is 51.9 Å². The maximum atomic E-state index is 15.3. The van der Waals surface area contributed by atoms with Crippen molar-refractivity contribution in [1.82, 2.24) is 34.6 Å². The van der Waals surface area contributed by atoms with E-state index in [-0.39, 0.29) is 43.6 Å². The predicted octanol–water partition coefficient (Wildman–Crippen LogP) is 3.55. The van der Waals surface area contributed by atoms with E-state index in [4.69, 9.17) is 19.9 Å². The SMILES string of the molecule is CCOC(=O)[C@H](Cc1ccccc1)NP(=O)(CCN(CCOCc1ccccc1)CCn1cnc2c(=O)[nH]c(N)nc21)N[C@@H](Cc1ccccc1)C(=O)OC. The van der Waals surface area contributed by atoms with Crippen LogP contribution in [0.1, 0.15) is 23.6 Å². The Kier molecular flexibility index (Phi) is 15.3. The van der Waals surface area contributed by atoms with Gasteiger partial charge in [0.1, 0.15) is 12.1 Å². The van der Waals surface area contributed by atoms with Gasteiger partial charge in [-0.2, -0.15) is 4.98 Å². The molecule has 15 nitrogen and oxygen atoms in total. The first-order valence-corrected chi connectivity index (χ1v) is 20.1. The molecule has 0 aliphatic rings. The van der Waals surface area contributed by atoms with Crippen molar-refractivity contribution < 1.29 is 28.4 Å². The summed E-state index contributed by atoms with van der Waals surface area (Å²) in [4.78, 5) is 52.1. The number of fused-ring (bicyclic) bond motifs is 1. The molecule has 5 rings (SSSR count). The van der Waals surface area contributed by atoms with Crippen molar-refractivity contribution in [3.63, 3.8) is 0 Å². The molecule has 2 heterocycles. The second kappa shape index (κ2) is 20.5. The van der Waals surface area contributed by atoms with Gasteiger partial charge in [0, 0.05) is 32.3 Å². The van der Waals surface area contributed by atoms with Crippen LogP contribution in [0, 0.1) is 0 Å². The number of anilines is 1. The van der Waals surface area contributed by atoms with E-state index in [0.717, 1.165) is 16.7 Å². The normalized spacial score (nSPS) is 13.7. The van der Waals surface area contributed by atoms with Crippen LogP contribution in [-0.4, -0.2) is 94.6 Å². The summed E-state index contributed by atoms with van der Waals surface area (Å²) >= 11 is 0. The maximum absolute atomic E-state index is 15.3. The molecule has 3 aromatic carbocycles. The van der Waals surface area contributed by atoms with E-state index in [0.29, 0.717) is 38.5 Å². The molecule has 0 radical (unpaired) electrons. The lowest BCUT2D eigenvalue weighted by Gasteiger charge is -2.31. The van der Waals surface area contributed by atoms with Crippen molar-refractivity contribution >= 4 is 36.5 Å². The van der Waals surface area contributed by atoms with Crippen LogP contribution in [0.4, 0.5) is 5.95 Å². The topological polar surface area (TPSA) is 196 Å². The molecule has 0 aliphatic carbocycles. The number of H-pyrrole nitrogens is 1. The number of imidazole rings is 1. The Hall–Kier alpha value is -5.18. The number of ether oxygens (including phenoxy) is 3. The molecule has 5 aromatic rings. The van der Waals surface area contributed by atoms with Crippen LogP contribution in [0.25, 0.3) is 11.2 Å². The van der Waals surface area contributed by atoms with Gasteiger partial charge in [0.15, 0.2) is 11.2 Å². The fourth-order valence-corrected chi connectivity index (χ4v) is 8.37. The summed E-state index contributed by atoms with van der Waals surface area (Å²) in [5, 5.41) is 6.26. The predicted molar refractivity (Wildman–Crippen MR) is 210 cm³/mol. The number of benzene rings is 3. The van der Waals surface area contributed by atoms with Gasteiger partial charge in [-0.3, -0.25) is 28.8 Å². The number of nitrogens with zero attached hydrogens (tertiary/aromatic N) is 4. The first-order chi connectivity index (χ1) is 26.7. The molecule has 0 saturated carbocycles. The molecule has 16 heteroatoms. The minimum absolute atomic E-state index is 0.00814. The van der Waals surface area contributed by atoms with E-state index >= 15 is 4.57 Å². The van der Waals surface area contributed by atoms with E-state index in [1.807, 2.05) is 91.0 Å². The number of esters is 2. The van der Waals surface area contributed by atoms with Crippen molar-refractivity contribution in [2.24, 2.45) is 0 Å². The van der Waals surface area contributed by atoms with Crippen LogP contribution in [0.5, 0.6) is 0 Å². The van der Waals surface area contributed by atoms with Gasteiger partial charge in [-0.05, 0) is 36.5 Å². The molecule has 0 amide bonds. The minimum Gasteiger partial charge on any atom is -0.468 e. The number of carbonyl (C=O) groups excluding carboxylic acids is 2. The molecule has 0 spiro atoms. The first-order valence-electron chi connectivity index (χ1n) is 18.2. The average Bonchev–Trinajstić information content (AvgIpc) is 3.60. The number of carbonyl (C=O) groups is 2. The molecule has 2 aromatic heterocycles. The summed E-state index contributed by atoms with van der Waals surface area (Å²) in [5.74, 6) is -1.18. The second-order valence-corrected chi connectivity index (χ2v) is 15.4. The number of hydrogen-bond acceptors (Lipinski definition) is 11. The highest BCUT2D eigenvalue weighted by Crippen LogP contribution is 2.38. The largest absolute Gasteiger partial charge is 0.468 e. The van der Waals surface area contributed by atoms with Gasteiger partial charge in [-0.15, -0.1) is 0 Å². The van der Waals surface area contributed by atoms with Gasteiger partial charge in [0.05, 0.1) is 33.3 Å². The summed E-state index contributed by atoms with van der Waals surface area (Å²) < 4.78 is 33.6. The van der Waals surface area contributed by atoms with E-state index in [1.165, 1.54) is 13.4 Å². The maximum Gasteiger partial charge on any atom is 0.323 e. The summed E-state index contributed by atoms with van der Waals surface area (Å²) in [5.41, 5.74) is 8.61. The summed E-state index contributed by atoms with van der Waals surface area (Å²) in [6, 6.07) is 26.5. The Morgan fingerprint density at radius 3 is 2.04 bits per heavy atom. The summed E-state index contributed by atoms with van der Waals surface area (Å²) in [6.07, 6.45) is 1.94. The highest BCUT2D eigenvalue weighted by atomic mass is 31.2. The molecule has 0 saturated heterocycles. The van der Waals surface area contributed by atoms with E-state index in [9.17, 15) is 14.4 Å². The molecule has 0 bridgehead atoms. The van der Waals surface area contributed by atoms with Gasteiger partial charge >= 0.3 is 11.9 Å². The van der Waals surface area contributed by atoms with E-state index < -0.39 is 37.0 Å². The minimum atomic E-state index is -3.80. The number of rotatable bonds is 22. The molecule has 1 unspecified atom stereocenters. The number of aromatic nitrogens is 4. The molecule has 292 valence electrons. The standard InChI is InChI=1S/C39H49N8O7P/c1-3-54-38(50)33(26-30-15-9-5-10-16-30)45-55(51,44-32(37(49)52-2)25-29-13-7-4-8-14-29)24-22-46(21-23-53-27-31-17-11-6-12-18-31)19-20-47-28-41-34-35(47)42-39(40)43-36(34)48/h4-18,28,32-33H,3,19-27H2,1-2H3,(H2,44,45,51)(H3,40,42,43,48)/t32-,33-,55?/m0/s1. The van der Waals surface area contributed by atoms with Gasteiger partial charge in [0.2, 0.25) is 13.4 Å². The average molecular weight is 773 g/mol. The van der Waals surface area contributed by atoms with Crippen LogP contribution in [0.3, 0.4) is 0 Å². The number of nitrogen functional groups attached to an aromatic ring is 1. The van der Waals surface area contributed by atoms with Crippen LogP contribution in [0.2, 0.25) is 0 Å². The fraction of sp³-hybridized carbons (Fsp3) is 0.359. The molecule has 5 N–H and O–H groups in total. The number of aromatic amines is 1. The quantitative estimate of drug-likeness (QED) is 0.0454. The zero-order chi connectivity index (χ0) is 39.0. The van der Waals surface area contributed by atoms with Gasteiger partial charge < -0.3 is 24.5 Å². The van der Waals surface area contributed by atoms with Crippen LogP contribution < -0.4 is 21.5 Å². The first kappa shape index (κ1) is 41.0. The van der Waals surface area contributed by atoms with Gasteiger partial charge in [-0.25, -0.2) is 15.2 Å². The lowest BCUT2D eigenvalue weighted by atomic mass is 10.1. The number of nitrogens with one attached hydrogen (secondary N) is 3. The highest BCUT2D eigenvalue weighted by molar-refractivity contribution is 7.60. The van der Waals surface area contributed by atoms with Crippen molar-refractivity contribution in [3.05, 3.63) is 124 Å². The van der Waals surface area contributed by atoms with E-state index in [2.05, 4.69) is 30.0 Å². The van der Waals surface area contributed by atoms with Gasteiger partial charge in [0.25, 0.3) is 5.56 Å². The molecule has 55 heavy (non-hydrogen) atoms. The number of hydrogen-bond donors (Lipinski definition) is 4. The Balaban J connectivity index is 1.41. The molecule has 0 aliphatic heterocycles. The number of nitrogens with two attached hydrogens (primary N) is 1. The molecular weight excluding hydrogens is 723 g/mol. The lowest BCUT2D eigenvalue weighted by Crippen LogP contribution is -2.47. The second-order valence-electron chi connectivity index (χ2n) is 12.9. The van der Waals surface area contributed by atoms with E-state index in [1.54, 1.807) is 11.5 Å². The molecule has 0 fully saturated rings. The van der Waals surface area contributed by atoms with Gasteiger partial charge in [-0.1, -0.05) is 91.0 Å². The highest BCUT2D eigenvalue weighted by Gasteiger charge is 2.35. The zero-order valence-corrected chi connectivity index (χ0v) is 32.0. The monoisotopic (exact) mass is 772 g/mol. The smallest absolute Gasteiger partial charge is 0.323 e. The zero-order valence-electron chi connectivity index (χ0n) is 31.1. The van der Waals surface area contributed by atoms with Crippen LogP contribution in [0.15, 0.2) is 102 Å². The summed E-state index contributed by atoms with van der Waals surface area (Å²) in [6.45, 7) is 4.11. The Morgan fingerprint density at radius 2 is 1.45 bits per heavy atom. The molecule has 3 atom stereocenters. The third kappa shape index (κ3) is 12.4. The Morgan fingerprint density at radius 1 is 0.873 bits per heavy atom. The van der Waals surface area contributed by atoms with Crippen LogP contribution >= 0.6 is 7.44 Å². The summed E-state index contributed by atoms with van der Waals surface area (Å²) in [7, 11) is -2.52. The Labute approximate surface area is 320 Å². The Bertz CT molecular complexity index is 2060. The third-order valence-electron chi connectivity index (χ3n) is 8.90. The molecular formula is C39H49N8O7P. The van der Waals surface area contributed by atoms with Crippen LogP contribution in [-0.2, 0) is 54.4 Å². The third-order valence-corrected chi connectivity index (χ3v) is 11.2. The van der Waals surface area contributed by atoms with Crippen molar-refractivity contribution in [1.29, 1.82) is 0 Å². The fourth-order valence-electron chi connectivity index (χ4n) is 6.08.